The van der Waals surface area contributed by atoms with Crippen LogP contribution in [0.4, 0.5) is 0 Å². The number of ether oxygens (including phenoxy) is 1. The fraction of sp³-hybridized carbons (Fsp3) is 0.786. The molecule has 0 saturated heterocycles. The Labute approximate surface area is 108 Å². The van der Waals surface area contributed by atoms with Crippen molar-refractivity contribution < 1.29 is 14.3 Å². The fourth-order valence-electron chi connectivity index (χ4n) is 1.86. The predicted octanol–water partition coefficient (Wildman–Crippen LogP) is 2.62. The van der Waals surface area contributed by atoms with Crippen molar-refractivity contribution in [3.8, 4) is 6.07 Å². The van der Waals surface area contributed by atoms with E-state index in [4.69, 9.17) is 10.00 Å². The topological polar surface area (TPSA) is 67.2 Å². The number of nitrogens with zero attached hydrogens (tertiary/aromatic N) is 1. The van der Waals surface area contributed by atoms with E-state index < -0.39 is 0 Å². The summed E-state index contributed by atoms with van der Waals surface area (Å²) in [6.07, 6.45) is 6.59. The molecule has 4 heteroatoms. The fourth-order valence-corrected chi connectivity index (χ4v) is 1.86. The Balaban J connectivity index is 0.000000180. The third-order valence-corrected chi connectivity index (χ3v) is 3.54. The molecule has 2 saturated carbocycles. The molecule has 0 atom stereocenters. The van der Waals surface area contributed by atoms with Crippen LogP contribution in [0.5, 0.6) is 0 Å². The molecule has 0 aromatic rings. The Morgan fingerprint density at radius 2 is 1.72 bits per heavy atom. The smallest absolute Gasteiger partial charge is 0.308 e. The third kappa shape index (κ3) is 4.48. The zero-order valence-electron chi connectivity index (χ0n) is 11.0. The molecule has 0 N–H and O–H groups in total. The van der Waals surface area contributed by atoms with Crippen LogP contribution in [0, 0.1) is 23.2 Å². The van der Waals surface area contributed by atoms with Crippen LogP contribution in [0.25, 0.3) is 0 Å². The van der Waals surface area contributed by atoms with E-state index in [1.165, 1.54) is 12.8 Å². The standard InChI is InChI=1S/C7H9NO.C7H12O2/c8-5-4-7(9)6-2-1-3-6;1-2-9-7(8)6-4-3-5-6/h6H,1-4H2;6H,2-5H2,1H3. The summed E-state index contributed by atoms with van der Waals surface area (Å²) >= 11 is 0. The SMILES string of the molecule is CCOC(=O)C1CCC1.N#CCC(=O)C1CCC1. The van der Waals surface area contributed by atoms with E-state index in [1.54, 1.807) is 0 Å². The van der Waals surface area contributed by atoms with Gasteiger partial charge in [-0.1, -0.05) is 12.8 Å². The van der Waals surface area contributed by atoms with E-state index in [-0.39, 0.29) is 30.0 Å². The monoisotopic (exact) mass is 251 g/mol. The largest absolute Gasteiger partial charge is 0.466 e. The lowest BCUT2D eigenvalue weighted by molar-refractivity contribution is -0.150. The minimum Gasteiger partial charge on any atom is -0.466 e. The number of esters is 1. The molecule has 0 spiro atoms. The van der Waals surface area contributed by atoms with Crippen LogP contribution in [-0.2, 0) is 14.3 Å². The van der Waals surface area contributed by atoms with Crippen LogP contribution in [0.2, 0.25) is 0 Å². The first kappa shape index (κ1) is 14.7. The van der Waals surface area contributed by atoms with Crippen molar-refractivity contribution in [1.82, 2.24) is 0 Å². The molecular formula is C14H21NO3. The van der Waals surface area contributed by atoms with Crippen molar-refractivity contribution in [3.05, 3.63) is 0 Å². The predicted molar refractivity (Wildman–Crippen MR) is 66.6 cm³/mol. The van der Waals surface area contributed by atoms with Crippen molar-refractivity contribution in [1.29, 1.82) is 5.26 Å². The number of Topliss-reactive ketones (excluding diaryl/α,β-unsaturated/α-hetero) is 1. The first-order chi connectivity index (χ1) is 8.69. The van der Waals surface area contributed by atoms with E-state index >= 15 is 0 Å². The van der Waals surface area contributed by atoms with Crippen molar-refractivity contribution in [2.24, 2.45) is 11.8 Å². The number of ketones is 1. The molecule has 0 unspecified atom stereocenters. The van der Waals surface area contributed by atoms with Gasteiger partial charge < -0.3 is 4.74 Å². The van der Waals surface area contributed by atoms with Crippen LogP contribution in [0.1, 0.15) is 51.9 Å². The molecule has 0 radical (unpaired) electrons. The average molecular weight is 251 g/mol. The van der Waals surface area contributed by atoms with Gasteiger partial charge in [-0.2, -0.15) is 5.26 Å². The summed E-state index contributed by atoms with van der Waals surface area (Å²) in [7, 11) is 0. The maximum Gasteiger partial charge on any atom is 0.308 e. The van der Waals surface area contributed by atoms with E-state index in [1.807, 2.05) is 13.0 Å². The van der Waals surface area contributed by atoms with Gasteiger partial charge >= 0.3 is 5.97 Å². The Hall–Kier alpha value is -1.37. The second kappa shape index (κ2) is 7.86. The molecule has 0 heterocycles. The van der Waals surface area contributed by atoms with Gasteiger partial charge in [0.15, 0.2) is 0 Å². The lowest BCUT2D eigenvalue weighted by Crippen LogP contribution is -2.23. The van der Waals surface area contributed by atoms with Crippen molar-refractivity contribution in [3.63, 3.8) is 0 Å². The molecule has 2 aliphatic carbocycles. The third-order valence-electron chi connectivity index (χ3n) is 3.54. The molecule has 0 aromatic carbocycles. The lowest BCUT2D eigenvalue weighted by atomic mass is 9.81. The Morgan fingerprint density at radius 1 is 1.17 bits per heavy atom. The van der Waals surface area contributed by atoms with Gasteiger partial charge in [-0.05, 0) is 32.6 Å². The van der Waals surface area contributed by atoms with E-state index in [0.29, 0.717) is 6.61 Å². The number of nitriles is 1. The molecule has 4 nitrogen and oxygen atoms in total. The maximum absolute atomic E-state index is 10.8. The van der Waals surface area contributed by atoms with Gasteiger partial charge in [-0.3, -0.25) is 9.59 Å². The summed E-state index contributed by atoms with van der Waals surface area (Å²) in [6, 6.07) is 1.87. The highest BCUT2D eigenvalue weighted by atomic mass is 16.5. The van der Waals surface area contributed by atoms with Crippen LogP contribution in [0.15, 0.2) is 0 Å². The molecule has 0 bridgehead atoms. The highest BCUT2D eigenvalue weighted by Crippen LogP contribution is 2.28. The summed E-state index contributed by atoms with van der Waals surface area (Å²) < 4.78 is 4.81. The first-order valence-electron chi connectivity index (χ1n) is 6.75. The zero-order chi connectivity index (χ0) is 13.4. The Bertz CT molecular complexity index is 324. The Morgan fingerprint density at radius 3 is 2.06 bits per heavy atom. The van der Waals surface area contributed by atoms with Gasteiger partial charge in [-0.25, -0.2) is 0 Å². The second-order valence-corrected chi connectivity index (χ2v) is 4.81. The number of carbonyl (C=O) groups excluding carboxylic acids is 2. The molecule has 2 aliphatic rings. The molecule has 18 heavy (non-hydrogen) atoms. The van der Waals surface area contributed by atoms with E-state index in [0.717, 1.165) is 25.7 Å². The number of hydrogen-bond acceptors (Lipinski definition) is 4. The highest BCUT2D eigenvalue weighted by Gasteiger charge is 2.26. The first-order valence-corrected chi connectivity index (χ1v) is 6.75. The molecular weight excluding hydrogens is 230 g/mol. The summed E-state index contributed by atoms with van der Waals surface area (Å²) in [5.74, 6) is 0.627. The quantitative estimate of drug-likeness (QED) is 0.720. The van der Waals surface area contributed by atoms with Crippen molar-refractivity contribution in [2.75, 3.05) is 6.61 Å². The second-order valence-electron chi connectivity index (χ2n) is 4.81. The number of hydrogen-bond donors (Lipinski definition) is 0. The molecule has 2 rings (SSSR count). The summed E-state index contributed by atoms with van der Waals surface area (Å²) in [4.78, 5) is 21.6. The zero-order valence-corrected chi connectivity index (χ0v) is 11.0. The minimum atomic E-state index is 0.00347. The van der Waals surface area contributed by atoms with Gasteiger partial charge in [0.25, 0.3) is 0 Å². The molecule has 0 amide bonds. The molecule has 2 fully saturated rings. The van der Waals surface area contributed by atoms with Crippen LogP contribution in [-0.4, -0.2) is 18.4 Å². The van der Waals surface area contributed by atoms with Crippen LogP contribution >= 0.6 is 0 Å². The number of carbonyl (C=O) groups is 2. The van der Waals surface area contributed by atoms with Gasteiger partial charge in [-0.15, -0.1) is 0 Å². The van der Waals surface area contributed by atoms with Crippen LogP contribution in [0.3, 0.4) is 0 Å². The summed E-state index contributed by atoms with van der Waals surface area (Å²) in [5, 5.41) is 8.13. The minimum absolute atomic E-state index is 0.00347. The maximum atomic E-state index is 10.8. The summed E-state index contributed by atoms with van der Waals surface area (Å²) in [5.41, 5.74) is 0. The van der Waals surface area contributed by atoms with Gasteiger partial charge in [0.2, 0.25) is 0 Å². The molecule has 100 valence electrons. The van der Waals surface area contributed by atoms with Gasteiger partial charge in [0.1, 0.15) is 5.78 Å². The van der Waals surface area contributed by atoms with E-state index in [2.05, 4.69) is 0 Å². The summed E-state index contributed by atoms with van der Waals surface area (Å²) in [6.45, 7) is 2.37. The molecule has 0 aromatic heterocycles. The normalized spacial score (nSPS) is 18.4. The Kier molecular flexibility index (Phi) is 6.42. The highest BCUT2D eigenvalue weighted by molar-refractivity contribution is 5.83. The van der Waals surface area contributed by atoms with Gasteiger partial charge in [0, 0.05) is 5.92 Å². The molecule has 0 aliphatic heterocycles. The lowest BCUT2D eigenvalue weighted by Gasteiger charge is -2.22. The number of rotatable bonds is 4. The van der Waals surface area contributed by atoms with Crippen molar-refractivity contribution >= 4 is 11.8 Å². The van der Waals surface area contributed by atoms with E-state index in [9.17, 15) is 9.59 Å². The van der Waals surface area contributed by atoms with Crippen molar-refractivity contribution in [2.45, 2.75) is 51.9 Å². The van der Waals surface area contributed by atoms with Crippen LogP contribution < -0.4 is 0 Å². The average Bonchev–Trinajstić information content (AvgIpc) is 2.13. The van der Waals surface area contributed by atoms with Gasteiger partial charge in [0.05, 0.1) is 25.0 Å².